The Labute approximate surface area is 95.4 Å². The molecule has 0 saturated carbocycles. The third-order valence-electron chi connectivity index (χ3n) is 2.05. The summed E-state index contributed by atoms with van der Waals surface area (Å²) in [5, 5.41) is 14.9. The van der Waals surface area contributed by atoms with E-state index in [0.717, 1.165) is 5.56 Å². The zero-order chi connectivity index (χ0) is 12.4. The molecule has 0 fully saturated rings. The van der Waals surface area contributed by atoms with Crippen molar-refractivity contribution in [2.75, 3.05) is 5.43 Å². The van der Waals surface area contributed by atoms with Crippen LogP contribution in [0.4, 0.5) is 11.5 Å². The lowest BCUT2D eigenvalue weighted by Gasteiger charge is -2.04. The Hall–Kier alpha value is -2.55. The fourth-order valence-electron chi connectivity index (χ4n) is 1.34. The number of hydrogen-bond acceptors (Lipinski definition) is 7. The van der Waals surface area contributed by atoms with Crippen LogP contribution in [0.1, 0.15) is 5.56 Å². The van der Waals surface area contributed by atoms with Gasteiger partial charge in [0.1, 0.15) is 6.33 Å². The Morgan fingerprint density at radius 3 is 2.82 bits per heavy atom. The van der Waals surface area contributed by atoms with Crippen LogP contribution < -0.4 is 11.3 Å². The summed E-state index contributed by atoms with van der Waals surface area (Å²) in [4.78, 5) is 17.9. The van der Waals surface area contributed by atoms with Gasteiger partial charge in [-0.15, -0.1) is 0 Å². The first kappa shape index (κ1) is 11.0. The molecule has 2 aromatic heterocycles. The van der Waals surface area contributed by atoms with Crippen LogP contribution in [0.25, 0.3) is 5.82 Å². The van der Waals surface area contributed by atoms with Crippen LogP contribution >= 0.6 is 0 Å². The largest absolute Gasteiger partial charge is 0.356 e. The fraction of sp³-hybridized carbons (Fsp3) is 0.125. The van der Waals surface area contributed by atoms with Gasteiger partial charge in [-0.25, -0.2) is 20.5 Å². The minimum atomic E-state index is -0.610. The van der Waals surface area contributed by atoms with E-state index in [1.54, 1.807) is 12.4 Å². The SMILES string of the molecule is Cc1cnn(-c2ncnc(NN)c2[N+](=O)[O-])c1. The molecule has 0 unspecified atom stereocenters. The number of aromatic nitrogens is 4. The summed E-state index contributed by atoms with van der Waals surface area (Å²) < 4.78 is 1.30. The number of nitrogens with one attached hydrogen (secondary N) is 1. The predicted molar refractivity (Wildman–Crippen MR) is 58.4 cm³/mol. The molecule has 2 aromatic rings. The van der Waals surface area contributed by atoms with Gasteiger partial charge < -0.3 is 5.43 Å². The second-order valence-electron chi connectivity index (χ2n) is 3.26. The maximum absolute atomic E-state index is 11.0. The fourth-order valence-corrected chi connectivity index (χ4v) is 1.34. The van der Waals surface area contributed by atoms with E-state index in [4.69, 9.17) is 5.84 Å². The standard InChI is InChI=1S/C8H9N7O2/c1-5-2-12-14(3-5)8-6(15(16)17)7(13-9)10-4-11-8/h2-4H,9H2,1H3,(H,10,11,13). The molecule has 0 spiro atoms. The quantitative estimate of drug-likeness (QED) is 0.441. The molecule has 0 atom stereocenters. The summed E-state index contributed by atoms with van der Waals surface area (Å²) in [7, 11) is 0. The maximum atomic E-state index is 11.0. The van der Waals surface area contributed by atoms with E-state index < -0.39 is 4.92 Å². The Morgan fingerprint density at radius 1 is 1.53 bits per heavy atom. The zero-order valence-corrected chi connectivity index (χ0v) is 8.86. The van der Waals surface area contributed by atoms with Crippen LogP contribution in [0, 0.1) is 17.0 Å². The van der Waals surface area contributed by atoms with Gasteiger partial charge in [0.15, 0.2) is 0 Å². The highest BCUT2D eigenvalue weighted by molar-refractivity contribution is 5.63. The van der Waals surface area contributed by atoms with Crippen molar-refractivity contribution in [1.29, 1.82) is 0 Å². The Kier molecular flexibility index (Phi) is 2.66. The molecular weight excluding hydrogens is 226 g/mol. The molecule has 0 aromatic carbocycles. The number of rotatable bonds is 3. The van der Waals surface area contributed by atoms with E-state index in [1.807, 2.05) is 6.92 Å². The number of aryl methyl sites for hydroxylation is 1. The van der Waals surface area contributed by atoms with Gasteiger partial charge in [0.05, 0.1) is 11.1 Å². The van der Waals surface area contributed by atoms with Crippen LogP contribution in [0.5, 0.6) is 0 Å². The maximum Gasteiger partial charge on any atom is 0.356 e. The number of nitrogens with zero attached hydrogens (tertiary/aromatic N) is 5. The minimum Gasteiger partial charge on any atom is -0.303 e. The topological polar surface area (TPSA) is 125 Å². The first-order valence-electron chi connectivity index (χ1n) is 4.61. The van der Waals surface area contributed by atoms with Crippen LogP contribution in [-0.4, -0.2) is 24.7 Å². The van der Waals surface area contributed by atoms with Crippen molar-refractivity contribution in [1.82, 2.24) is 19.7 Å². The molecule has 88 valence electrons. The monoisotopic (exact) mass is 235 g/mol. The summed E-state index contributed by atoms with van der Waals surface area (Å²) in [5.41, 5.74) is 2.70. The second kappa shape index (κ2) is 4.14. The molecule has 2 rings (SSSR count). The molecule has 0 aliphatic carbocycles. The number of nitrogens with two attached hydrogens (primary N) is 1. The van der Waals surface area contributed by atoms with Gasteiger partial charge in [-0.05, 0) is 12.5 Å². The first-order valence-corrected chi connectivity index (χ1v) is 4.61. The number of hydrazine groups is 1. The van der Waals surface area contributed by atoms with E-state index in [2.05, 4.69) is 20.5 Å². The van der Waals surface area contributed by atoms with Crippen molar-refractivity contribution in [3.05, 3.63) is 34.4 Å². The third-order valence-corrected chi connectivity index (χ3v) is 2.05. The van der Waals surface area contributed by atoms with Crippen molar-refractivity contribution >= 4 is 11.5 Å². The highest BCUT2D eigenvalue weighted by atomic mass is 16.6. The van der Waals surface area contributed by atoms with Crippen molar-refractivity contribution in [2.45, 2.75) is 6.92 Å². The molecule has 0 aliphatic heterocycles. The predicted octanol–water partition coefficient (Wildman–Crippen LogP) is 0.165. The summed E-state index contributed by atoms with van der Waals surface area (Å²) in [6.07, 6.45) is 4.37. The van der Waals surface area contributed by atoms with Crippen molar-refractivity contribution in [3.63, 3.8) is 0 Å². The number of nitrogen functional groups attached to an aromatic ring is 1. The molecule has 0 radical (unpaired) electrons. The molecule has 0 aliphatic rings. The lowest BCUT2D eigenvalue weighted by atomic mass is 10.4. The highest BCUT2D eigenvalue weighted by Gasteiger charge is 2.24. The lowest BCUT2D eigenvalue weighted by molar-refractivity contribution is -0.384. The lowest BCUT2D eigenvalue weighted by Crippen LogP contribution is -2.14. The summed E-state index contributed by atoms with van der Waals surface area (Å²) in [6.45, 7) is 1.82. The normalized spacial score (nSPS) is 10.2. The highest BCUT2D eigenvalue weighted by Crippen LogP contribution is 2.26. The smallest absolute Gasteiger partial charge is 0.303 e. The molecule has 0 bridgehead atoms. The Morgan fingerprint density at radius 2 is 2.29 bits per heavy atom. The number of nitro groups is 1. The van der Waals surface area contributed by atoms with Crippen molar-refractivity contribution in [3.8, 4) is 5.82 Å². The van der Waals surface area contributed by atoms with E-state index >= 15 is 0 Å². The molecule has 17 heavy (non-hydrogen) atoms. The molecule has 9 heteroatoms. The summed E-state index contributed by atoms with van der Waals surface area (Å²) >= 11 is 0. The van der Waals surface area contributed by atoms with Gasteiger partial charge in [-0.1, -0.05) is 0 Å². The Bertz CT molecular complexity index is 565. The van der Waals surface area contributed by atoms with Gasteiger partial charge >= 0.3 is 5.69 Å². The summed E-state index contributed by atoms with van der Waals surface area (Å²) in [5.74, 6) is 5.17. The molecule has 0 saturated heterocycles. The minimum absolute atomic E-state index is 0.0612. The Balaban J connectivity index is 2.65. The third kappa shape index (κ3) is 1.90. The van der Waals surface area contributed by atoms with E-state index in [-0.39, 0.29) is 17.3 Å². The van der Waals surface area contributed by atoms with Gasteiger partial charge in [-0.2, -0.15) is 5.10 Å². The molecular formula is C8H9N7O2. The van der Waals surface area contributed by atoms with Gasteiger partial charge in [0.25, 0.3) is 0 Å². The average molecular weight is 235 g/mol. The van der Waals surface area contributed by atoms with Gasteiger partial charge in [0, 0.05) is 6.20 Å². The molecule has 0 amide bonds. The van der Waals surface area contributed by atoms with Crippen LogP contribution in [0.3, 0.4) is 0 Å². The van der Waals surface area contributed by atoms with Crippen LogP contribution in [-0.2, 0) is 0 Å². The number of anilines is 1. The van der Waals surface area contributed by atoms with Crippen molar-refractivity contribution < 1.29 is 4.92 Å². The molecule has 2 heterocycles. The average Bonchev–Trinajstić information content (AvgIpc) is 2.74. The van der Waals surface area contributed by atoms with Gasteiger partial charge in [-0.3, -0.25) is 10.1 Å². The second-order valence-corrected chi connectivity index (χ2v) is 3.26. The molecule has 9 nitrogen and oxygen atoms in total. The van der Waals surface area contributed by atoms with Gasteiger partial charge in [0.2, 0.25) is 11.6 Å². The van der Waals surface area contributed by atoms with E-state index in [1.165, 1.54) is 11.0 Å². The first-order chi connectivity index (χ1) is 8.13. The summed E-state index contributed by atoms with van der Waals surface area (Å²) in [6, 6.07) is 0. The van der Waals surface area contributed by atoms with Crippen LogP contribution in [0.15, 0.2) is 18.7 Å². The van der Waals surface area contributed by atoms with E-state index in [0.29, 0.717) is 0 Å². The van der Waals surface area contributed by atoms with Crippen LogP contribution in [0.2, 0.25) is 0 Å². The molecule has 3 N–H and O–H groups in total. The zero-order valence-electron chi connectivity index (χ0n) is 8.86. The van der Waals surface area contributed by atoms with Crippen molar-refractivity contribution in [2.24, 2.45) is 5.84 Å². The van der Waals surface area contributed by atoms with E-state index in [9.17, 15) is 10.1 Å². The number of hydrogen-bond donors (Lipinski definition) is 2.